The van der Waals surface area contributed by atoms with Gasteiger partial charge in [-0.05, 0) is 18.6 Å². The van der Waals surface area contributed by atoms with Gasteiger partial charge in [0.1, 0.15) is 11.6 Å². The number of hydrogen-bond donors (Lipinski definition) is 1. The Morgan fingerprint density at radius 2 is 2.16 bits per heavy atom. The Balaban J connectivity index is 2.09. The third kappa shape index (κ3) is 3.08. The Kier molecular flexibility index (Phi) is 4.44. The lowest BCUT2D eigenvalue weighted by Crippen LogP contribution is -2.00. The molecule has 1 aromatic heterocycles. The van der Waals surface area contributed by atoms with Crippen LogP contribution in [0.2, 0.25) is 0 Å². The lowest BCUT2D eigenvalue weighted by atomic mass is 10.1. The monoisotopic (exact) mass is 278 g/mol. The quantitative estimate of drug-likeness (QED) is 0.846. The summed E-state index contributed by atoms with van der Waals surface area (Å²) >= 11 is 1.66. The fraction of sp³-hybridized carbons (Fsp3) is 0.385. The summed E-state index contributed by atoms with van der Waals surface area (Å²) in [4.78, 5) is 0. The first-order valence-corrected chi connectivity index (χ1v) is 6.99. The van der Waals surface area contributed by atoms with Crippen molar-refractivity contribution >= 4 is 11.8 Å². The van der Waals surface area contributed by atoms with E-state index in [4.69, 9.17) is 10.5 Å². The molecule has 0 saturated carbocycles. The van der Waals surface area contributed by atoms with Gasteiger partial charge in [-0.3, -0.25) is 0 Å². The molecule has 102 valence electrons. The lowest BCUT2D eigenvalue weighted by molar-refractivity contribution is 0.409. The Morgan fingerprint density at radius 3 is 2.74 bits per heavy atom. The normalized spacial score (nSPS) is 10.7. The molecule has 0 atom stereocenters. The summed E-state index contributed by atoms with van der Waals surface area (Å²) in [5.41, 5.74) is 7.86. The van der Waals surface area contributed by atoms with E-state index in [0.717, 1.165) is 28.0 Å². The van der Waals surface area contributed by atoms with E-state index in [1.807, 2.05) is 30.7 Å². The SMILES string of the molecule is COc1cc(CSc2nnc(C)n2C)ccc1CN. The van der Waals surface area contributed by atoms with Crippen molar-refractivity contribution in [2.24, 2.45) is 12.8 Å². The summed E-state index contributed by atoms with van der Waals surface area (Å²) in [5, 5.41) is 9.09. The summed E-state index contributed by atoms with van der Waals surface area (Å²) in [5.74, 6) is 2.58. The van der Waals surface area contributed by atoms with Crippen LogP contribution >= 0.6 is 11.8 Å². The van der Waals surface area contributed by atoms with Crippen LogP contribution in [0.5, 0.6) is 5.75 Å². The molecule has 0 aliphatic carbocycles. The Bertz CT molecular complexity index is 568. The molecule has 0 amide bonds. The summed E-state index contributed by atoms with van der Waals surface area (Å²) in [6.07, 6.45) is 0. The second-order valence-electron chi connectivity index (χ2n) is 4.23. The van der Waals surface area contributed by atoms with Gasteiger partial charge in [0.15, 0.2) is 5.16 Å². The zero-order valence-corrected chi connectivity index (χ0v) is 12.2. The number of nitrogens with two attached hydrogens (primary N) is 1. The highest BCUT2D eigenvalue weighted by Gasteiger charge is 2.07. The number of methoxy groups -OCH3 is 1. The van der Waals surface area contributed by atoms with Crippen molar-refractivity contribution in [2.75, 3.05) is 7.11 Å². The van der Waals surface area contributed by atoms with Crippen LogP contribution in [-0.4, -0.2) is 21.9 Å². The number of thioether (sulfide) groups is 1. The third-order valence-electron chi connectivity index (χ3n) is 2.99. The minimum absolute atomic E-state index is 0.485. The van der Waals surface area contributed by atoms with Crippen LogP contribution in [-0.2, 0) is 19.3 Å². The number of rotatable bonds is 5. The van der Waals surface area contributed by atoms with Gasteiger partial charge >= 0.3 is 0 Å². The van der Waals surface area contributed by atoms with Crippen LogP contribution in [0.15, 0.2) is 23.4 Å². The van der Waals surface area contributed by atoms with Crippen LogP contribution in [0, 0.1) is 6.92 Å². The van der Waals surface area contributed by atoms with E-state index in [1.54, 1.807) is 18.9 Å². The van der Waals surface area contributed by atoms with E-state index in [1.165, 1.54) is 5.56 Å². The molecule has 1 heterocycles. The zero-order valence-electron chi connectivity index (χ0n) is 11.4. The van der Waals surface area contributed by atoms with Gasteiger partial charge in [0.25, 0.3) is 0 Å². The first kappa shape index (κ1) is 13.9. The number of ether oxygens (including phenoxy) is 1. The van der Waals surface area contributed by atoms with Crippen molar-refractivity contribution in [3.05, 3.63) is 35.2 Å². The maximum atomic E-state index is 5.66. The first-order valence-electron chi connectivity index (χ1n) is 6.00. The van der Waals surface area contributed by atoms with Gasteiger partial charge in [0, 0.05) is 24.9 Å². The van der Waals surface area contributed by atoms with Gasteiger partial charge in [-0.25, -0.2) is 0 Å². The van der Waals surface area contributed by atoms with E-state index in [9.17, 15) is 0 Å². The number of nitrogens with zero attached hydrogens (tertiary/aromatic N) is 3. The van der Waals surface area contributed by atoms with Crippen LogP contribution in [0.1, 0.15) is 17.0 Å². The maximum absolute atomic E-state index is 5.66. The summed E-state index contributed by atoms with van der Waals surface area (Å²) in [6, 6.07) is 6.11. The Labute approximate surface area is 117 Å². The molecule has 0 saturated heterocycles. The molecule has 5 nitrogen and oxygen atoms in total. The molecule has 6 heteroatoms. The number of benzene rings is 1. The molecule has 0 radical (unpaired) electrons. The van der Waals surface area contributed by atoms with Crippen molar-refractivity contribution in [1.82, 2.24) is 14.8 Å². The molecular weight excluding hydrogens is 260 g/mol. The topological polar surface area (TPSA) is 66.0 Å². The first-order chi connectivity index (χ1) is 9.15. The molecule has 0 spiro atoms. The maximum Gasteiger partial charge on any atom is 0.191 e. The van der Waals surface area contributed by atoms with Crippen LogP contribution < -0.4 is 10.5 Å². The van der Waals surface area contributed by atoms with Crippen molar-refractivity contribution in [2.45, 2.75) is 24.4 Å². The predicted molar refractivity (Wildman–Crippen MR) is 76.2 cm³/mol. The van der Waals surface area contributed by atoms with Crippen molar-refractivity contribution in [3.8, 4) is 5.75 Å². The van der Waals surface area contributed by atoms with Crippen molar-refractivity contribution in [1.29, 1.82) is 0 Å². The number of hydrogen-bond acceptors (Lipinski definition) is 5. The largest absolute Gasteiger partial charge is 0.496 e. The van der Waals surface area contributed by atoms with Crippen LogP contribution in [0.4, 0.5) is 0 Å². The molecule has 2 rings (SSSR count). The molecule has 0 unspecified atom stereocenters. The second kappa shape index (κ2) is 6.08. The molecule has 1 aromatic carbocycles. The predicted octanol–water partition coefficient (Wildman–Crippen LogP) is 1.88. The Hall–Kier alpha value is -1.53. The standard InChI is InChI=1S/C13H18N4OS/c1-9-15-16-13(17(9)2)19-8-10-4-5-11(7-14)12(6-10)18-3/h4-6H,7-8,14H2,1-3H3. The Morgan fingerprint density at radius 1 is 1.37 bits per heavy atom. The van der Waals surface area contributed by atoms with Crippen molar-refractivity contribution < 1.29 is 4.74 Å². The molecule has 0 bridgehead atoms. The molecule has 0 fully saturated rings. The van der Waals surface area contributed by atoms with Gasteiger partial charge < -0.3 is 15.0 Å². The molecule has 0 aliphatic rings. The lowest BCUT2D eigenvalue weighted by Gasteiger charge is -2.09. The van der Waals surface area contributed by atoms with E-state index < -0.39 is 0 Å². The molecule has 2 aromatic rings. The minimum Gasteiger partial charge on any atom is -0.496 e. The van der Waals surface area contributed by atoms with Gasteiger partial charge in [-0.2, -0.15) is 0 Å². The van der Waals surface area contributed by atoms with Gasteiger partial charge in [-0.15, -0.1) is 10.2 Å². The average molecular weight is 278 g/mol. The summed E-state index contributed by atoms with van der Waals surface area (Å²) in [7, 11) is 3.63. The van der Waals surface area contributed by atoms with Crippen LogP contribution in [0.3, 0.4) is 0 Å². The highest BCUT2D eigenvalue weighted by Crippen LogP contribution is 2.25. The van der Waals surface area contributed by atoms with Gasteiger partial charge in [0.05, 0.1) is 7.11 Å². The third-order valence-corrected chi connectivity index (χ3v) is 4.08. The minimum atomic E-state index is 0.485. The number of aromatic nitrogens is 3. The average Bonchev–Trinajstić information content (AvgIpc) is 2.76. The van der Waals surface area contributed by atoms with E-state index in [0.29, 0.717) is 6.54 Å². The van der Waals surface area contributed by atoms with E-state index in [-0.39, 0.29) is 0 Å². The molecule has 2 N–H and O–H groups in total. The fourth-order valence-corrected chi connectivity index (χ4v) is 2.61. The summed E-state index contributed by atoms with van der Waals surface area (Å²) in [6.45, 7) is 2.43. The fourth-order valence-electron chi connectivity index (χ4n) is 1.71. The molecule has 19 heavy (non-hydrogen) atoms. The smallest absolute Gasteiger partial charge is 0.191 e. The van der Waals surface area contributed by atoms with Crippen LogP contribution in [0.25, 0.3) is 0 Å². The van der Waals surface area contributed by atoms with Crippen molar-refractivity contribution in [3.63, 3.8) is 0 Å². The van der Waals surface area contributed by atoms with Gasteiger partial charge in [-0.1, -0.05) is 23.9 Å². The van der Waals surface area contributed by atoms with Gasteiger partial charge in [0.2, 0.25) is 0 Å². The number of aryl methyl sites for hydroxylation is 1. The zero-order chi connectivity index (χ0) is 13.8. The van der Waals surface area contributed by atoms with E-state index in [2.05, 4.69) is 16.3 Å². The van der Waals surface area contributed by atoms with E-state index >= 15 is 0 Å². The molecular formula is C13H18N4OS. The summed E-state index contributed by atoms with van der Waals surface area (Å²) < 4.78 is 7.32. The molecule has 0 aliphatic heterocycles. The second-order valence-corrected chi connectivity index (χ2v) is 5.17. The highest BCUT2D eigenvalue weighted by molar-refractivity contribution is 7.98. The highest BCUT2D eigenvalue weighted by atomic mass is 32.2.